The molecule has 1 spiro atoms. The number of carbonyl (C=O) groups is 1. The second-order valence-electron chi connectivity index (χ2n) is 15.0. The Morgan fingerprint density at radius 3 is 2.69 bits per heavy atom. The van der Waals surface area contributed by atoms with Crippen molar-refractivity contribution in [2.24, 2.45) is 0 Å². The van der Waals surface area contributed by atoms with E-state index in [0.29, 0.717) is 36.0 Å². The summed E-state index contributed by atoms with van der Waals surface area (Å²) < 4.78 is 24.6. The van der Waals surface area contributed by atoms with Gasteiger partial charge in [-0.15, -0.1) is 11.8 Å². The maximum absolute atomic E-state index is 14.7. The lowest BCUT2D eigenvalue weighted by Crippen LogP contribution is -2.70. The van der Waals surface area contributed by atoms with Crippen LogP contribution in [0.25, 0.3) is 10.9 Å². The van der Waals surface area contributed by atoms with Gasteiger partial charge in [0.1, 0.15) is 12.8 Å². The lowest BCUT2D eigenvalue weighted by atomic mass is 9.72. The molecule has 0 radical (unpaired) electrons. The molecule has 12 heteroatoms. The SMILES string of the molecule is COc1c(C)cc2c(c1O)[C@@H]1[C@@H]3[C@@H]4SC[C@]5(NCCc6c5[nH]c5ccccc65)C(=O)OC[C@@H](c5c6c(c(C)c(C)c54)OCO6)N3[C@@H](O)[C@H](C2)N1C. The molecule has 4 bridgehead atoms. The number of likely N-dealkylation sites (N-methyl/N-ethyl adjacent to an activating group) is 1. The minimum Gasteiger partial charge on any atom is -0.504 e. The van der Waals surface area contributed by atoms with E-state index >= 15 is 0 Å². The summed E-state index contributed by atoms with van der Waals surface area (Å²) in [5.74, 6) is 2.04. The number of para-hydroxylation sites is 1. The highest BCUT2D eigenvalue weighted by Crippen LogP contribution is 2.63. The van der Waals surface area contributed by atoms with Crippen LogP contribution in [0.4, 0.5) is 0 Å². The molecule has 8 heterocycles. The molecule has 51 heavy (non-hydrogen) atoms. The fourth-order valence-electron chi connectivity index (χ4n) is 10.4. The summed E-state index contributed by atoms with van der Waals surface area (Å²) in [6.45, 7) is 6.91. The first kappa shape index (κ1) is 31.8. The average molecular weight is 711 g/mol. The molecule has 4 N–H and O–H groups in total. The van der Waals surface area contributed by atoms with Crippen molar-refractivity contribution in [3.05, 3.63) is 80.5 Å². The fourth-order valence-corrected chi connectivity index (χ4v) is 12.1. The maximum Gasteiger partial charge on any atom is 0.333 e. The van der Waals surface area contributed by atoms with Crippen LogP contribution in [0.3, 0.4) is 0 Å². The normalized spacial score (nSPS) is 30.8. The third-order valence-corrected chi connectivity index (χ3v) is 14.2. The summed E-state index contributed by atoms with van der Waals surface area (Å²) in [7, 11) is 3.65. The number of methoxy groups -OCH3 is 1. The second kappa shape index (κ2) is 11.0. The number of thioether (sulfide) groups is 1. The molecular weight excluding hydrogens is 669 g/mol. The van der Waals surface area contributed by atoms with Crippen LogP contribution in [0.5, 0.6) is 23.0 Å². The summed E-state index contributed by atoms with van der Waals surface area (Å²) in [5.41, 5.74) is 8.76. The zero-order valence-electron chi connectivity index (χ0n) is 29.3. The molecule has 7 atom stereocenters. The molecule has 11 rings (SSSR count). The van der Waals surface area contributed by atoms with Crippen molar-refractivity contribution in [2.45, 2.75) is 74.8 Å². The minimum absolute atomic E-state index is 0.00723. The molecule has 0 amide bonds. The monoisotopic (exact) mass is 710 g/mol. The summed E-state index contributed by atoms with van der Waals surface area (Å²) in [6, 6.07) is 8.91. The summed E-state index contributed by atoms with van der Waals surface area (Å²) >= 11 is 1.71. The maximum atomic E-state index is 14.7. The number of benzene rings is 3. The van der Waals surface area contributed by atoms with Gasteiger partial charge >= 0.3 is 5.97 Å². The number of hydrogen-bond donors (Lipinski definition) is 4. The Morgan fingerprint density at radius 1 is 1.06 bits per heavy atom. The number of aromatic hydroxyl groups is 1. The van der Waals surface area contributed by atoms with Gasteiger partial charge in [0.25, 0.3) is 0 Å². The minimum atomic E-state index is -1.12. The highest BCUT2D eigenvalue weighted by molar-refractivity contribution is 7.99. The van der Waals surface area contributed by atoms with E-state index in [1.165, 1.54) is 0 Å². The lowest BCUT2D eigenvalue weighted by Gasteiger charge is -2.62. The molecule has 7 aliphatic heterocycles. The van der Waals surface area contributed by atoms with Gasteiger partial charge in [0, 0.05) is 45.6 Å². The van der Waals surface area contributed by atoms with Crippen LogP contribution < -0.4 is 19.5 Å². The smallest absolute Gasteiger partial charge is 0.333 e. The molecule has 2 fully saturated rings. The third kappa shape index (κ3) is 4.02. The van der Waals surface area contributed by atoms with Gasteiger partial charge in [-0.2, -0.15) is 0 Å². The van der Waals surface area contributed by atoms with E-state index < -0.39 is 17.8 Å². The second-order valence-corrected chi connectivity index (χ2v) is 16.1. The van der Waals surface area contributed by atoms with Gasteiger partial charge in [-0.1, -0.05) is 24.3 Å². The number of aromatic amines is 1. The Morgan fingerprint density at radius 2 is 1.86 bits per heavy atom. The molecule has 11 nitrogen and oxygen atoms in total. The predicted octanol–water partition coefficient (Wildman–Crippen LogP) is 4.56. The summed E-state index contributed by atoms with van der Waals surface area (Å²) in [5, 5.41) is 29.0. The largest absolute Gasteiger partial charge is 0.504 e. The highest BCUT2D eigenvalue weighted by Gasteiger charge is 2.61. The van der Waals surface area contributed by atoms with Crippen molar-refractivity contribution < 1.29 is 34.0 Å². The van der Waals surface area contributed by atoms with Gasteiger partial charge in [0.15, 0.2) is 28.5 Å². The Balaban J connectivity index is 1.22. The number of fused-ring (bicyclic) bond motifs is 11. The Kier molecular flexibility index (Phi) is 6.87. The third-order valence-electron chi connectivity index (χ3n) is 12.8. The van der Waals surface area contributed by atoms with Gasteiger partial charge in [-0.25, -0.2) is 4.79 Å². The van der Waals surface area contributed by atoms with Crippen LogP contribution in [0.15, 0.2) is 30.3 Å². The summed E-state index contributed by atoms with van der Waals surface area (Å²) in [6.07, 6.45) is 0.447. The van der Waals surface area contributed by atoms with Crippen molar-refractivity contribution in [1.29, 1.82) is 0 Å². The standard InChI is InChI=1S/C39H42N4O7S/c1-17-12-20-13-24-37(45)43-25-14-48-38(46)39(36-22(10-11-40-39)21-8-6-7-9-23(21)41-36)15-51-35(26-18(2)19(3)33-34(28(25)26)50-16-49-33)30(43)29(42(24)4)27(20)31(44)32(17)47-5/h6-9,12,24-25,29-30,35,37,40-41,44-45H,10-11,13-16H2,1-5H3/t24-,25-,29+,30+,35+,37-,39+/m0/s1. The molecule has 0 unspecified atom stereocenters. The van der Waals surface area contributed by atoms with E-state index in [1.807, 2.05) is 19.1 Å². The Hall–Kier alpha value is -3.94. The highest BCUT2D eigenvalue weighted by atomic mass is 32.2. The molecule has 0 aliphatic carbocycles. The van der Waals surface area contributed by atoms with Crippen molar-refractivity contribution in [3.8, 4) is 23.0 Å². The zero-order valence-corrected chi connectivity index (χ0v) is 30.1. The first-order valence-corrected chi connectivity index (χ1v) is 18.8. The number of piperazine rings is 1. The first-order valence-electron chi connectivity index (χ1n) is 17.8. The van der Waals surface area contributed by atoms with Gasteiger partial charge in [0.2, 0.25) is 6.79 Å². The predicted molar refractivity (Wildman–Crippen MR) is 192 cm³/mol. The zero-order chi connectivity index (χ0) is 35.1. The van der Waals surface area contributed by atoms with Gasteiger partial charge in [0.05, 0.1) is 30.9 Å². The van der Waals surface area contributed by atoms with Gasteiger partial charge in [-0.3, -0.25) is 15.1 Å². The number of aliphatic hydroxyl groups excluding tert-OH is 1. The number of H-pyrrole nitrogens is 1. The number of hydrogen-bond acceptors (Lipinski definition) is 11. The van der Waals surface area contributed by atoms with Crippen LogP contribution in [-0.2, 0) is 27.9 Å². The Bertz CT molecular complexity index is 2170. The Labute approximate surface area is 300 Å². The van der Waals surface area contributed by atoms with E-state index in [4.69, 9.17) is 18.9 Å². The van der Waals surface area contributed by atoms with E-state index in [9.17, 15) is 15.0 Å². The number of phenols is 1. The van der Waals surface area contributed by atoms with Crippen molar-refractivity contribution in [3.63, 3.8) is 0 Å². The number of aryl methyl sites for hydroxylation is 1. The molecular formula is C39H42N4O7S. The topological polar surface area (TPSA) is 129 Å². The summed E-state index contributed by atoms with van der Waals surface area (Å²) in [4.78, 5) is 22.7. The van der Waals surface area contributed by atoms with Crippen LogP contribution in [-0.4, -0.2) is 89.1 Å². The van der Waals surface area contributed by atoms with Crippen LogP contribution in [0.1, 0.15) is 67.5 Å². The number of rotatable bonds is 1. The molecule has 7 aliphatic rings. The average Bonchev–Trinajstić information content (AvgIpc) is 3.77. The number of nitrogens with zero attached hydrogens (tertiary/aromatic N) is 2. The van der Waals surface area contributed by atoms with E-state index in [-0.39, 0.29) is 48.5 Å². The number of aliphatic hydroxyl groups is 1. The lowest BCUT2D eigenvalue weighted by molar-refractivity contribution is -0.186. The van der Waals surface area contributed by atoms with Crippen molar-refractivity contribution in [1.82, 2.24) is 20.1 Å². The number of aromatic nitrogens is 1. The van der Waals surface area contributed by atoms with Crippen LogP contribution >= 0.6 is 11.8 Å². The van der Waals surface area contributed by atoms with E-state index in [1.54, 1.807) is 18.9 Å². The van der Waals surface area contributed by atoms with E-state index in [0.717, 1.165) is 67.5 Å². The van der Waals surface area contributed by atoms with Gasteiger partial charge in [-0.05, 0) is 80.1 Å². The number of nitrogens with one attached hydrogen (secondary N) is 2. The molecule has 1 aromatic heterocycles. The first-order chi connectivity index (χ1) is 24.7. The van der Waals surface area contributed by atoms with Crippen LogP contribution in [0, 0.1) is 20.8 Å². The number of esters is 1. The van der Waals surface area contributed by atoms with Crippen molar-refractivity contribution >= 4 is 28.6 Å². The molecule has 266 valence electrons. The molecule has 4 aromatic rings. The van der Waals surface area contributed by atoms with Crippen molar-refractivity contribution in [2.75, 3.05) is 39.9 Å². The number of phenolic OH excluding ortho intramolecular Hbond substituents is 1. The number of carbonyl (C=O) groups excluding carboxylic acids is 1. The number of ether oxygens (including phenoxy) is 4. The van der Waals surface area contributed by atoms with E-state index in [2.05, 4.69) is 59.2 Å². The fraction of sp³-hybridized carbons (Fsp3) is 0.462. The molecule has 0 saturated carbocycles. The molecule has 2 saturated heterocycles. The van der Waals surface area contributed by atoms with Crippen LogP contribution in [0.2, 0.25) is 0 Å². The molecule has 3 aromatic carbocycles. The quantitative estimate of drug-likeness (QED) is 0.208. The van der Waals surface area contributed by atoms with Gasteiger partial charge < -0.3 is 34.1 Å².